The number of piperidine rings is 1. The van der Waals surface area contributed by atoms with Gasteiger partial charge in [0.1, 0.15) is 5.82 Å². The summed E-state index contributed by atoms with van der Waals surface area (Å²) >= 11 is 0. The summed E-state index contributed by atoms with van der Waals surface area (Å²) in [6.45, 7) is 5.02. The molecule has 0 unspecified atom stereocenters. The third kappa shape index (κ3) is 4.53. The molecule has 1 N–H and O–H groups in total. The number of rotatable bonds is 7. The molecule has 5 fully saturated rings. The van der Waals surface area contributed by atoms with Crippen LogP contribution in [-0.2, 0) is 9.59 Å². The van der Waals surface area contributed by atoms with E-state index in [1.807, 2.05) is 18.7 Å². The molecule has 6 rings (SSSR count). The van der Waals surface area contributed by atoms with Crippen LogP contribution in [0.4, 0.5) is 4.39 Å². The zero-order chi connectivity index (χ0) is 24.7. The second-order valence-corrected chi connectivity index (χ2v) is 11.9. The van der Waals surface area contributed by atoms with Crippen molar-refractivity contribution in [2.75, 3.05) is 13.1 Å². The molecule has 2 amide bonds. The zero-order valence-electron chi connectivity index (χ0n) is 21.2. The average molecular weight is 483 g/mol. The third-order valence-corrected chi connectivity index (χ3v) is 9.27. The van der Waals surface area contributed by atoms with Crippen molar-refractivity contribution in [1.29, 1.82) is 0 Å². The van der Waals surface area contributed by atoms with Crippen molar-refractivity contribution >= 4 is 17.6 Å². The Hall–Kier alpha value is -2.24. The maximum atomic E-state index is 15.6. The van der Waals surface area contributed by atoms with Crippen molar-refractivity contribution in [3.8, 4) is 0 Å². The molecular weight excluding hydrogens is 443 g/mol. The van der Waals surface area contributed by atoms with E-state index < -0.39 is 17.8 Å². The van der Waals surface area contributed by atoms with E-state index >= 15 is 4.39 Å². The molecule has 0 spiro atoms. The van der Waals surface area contributed by atoms with Gasteiger partial charge in [-0.15, -0.1) is 0 Å². The topological polar surface area (TPSA) is 66.5 Å². The Balaban J connectivity index is 1.26. The second-order valence-electron chi connectivity index (χ2n) is 11.9. The summed E-state index contributed by atoms with van der Waals surface area (Å²) in [4.78, 5) is 41.1. The number of ketones is 1. The van der Waals surface area contributed by atoms with Gasteiger partial charge in [-0.1, -0.05) is 45.2 Å². The number of halogens is 1. The van der Waals surface area contributed by atoms with Crippen LogP contribution in [0.25, 0.3) is 0 Å². The predicted octanol–water partition coefficient (Wildman–Crippen LogP) is 5.24. The number of likely N-dealkylation sites (tertiary alicyclic amines) is 1. The Morgan fingerprint density at radius 1 is 1.00 bits per heavy atom. The quantitative estimate of drug-likeness (QED) is 0.578. The summed E-state index contributed by atoms with van der Waals surface area (Å²) in [6.07, 6.45) is 9.72. The van der Waals surface area contributed by atoms with Crippen LogP contribution in [0.2, 0.25) is 0 Å². The Labute approximate surface area is 208 Å². The molecule has 4 aliphatic carbocycles. The number of nitrogens with one attached hydrogen (secondary N) is 1. The fourth-order valence-corrected chi connectivity index (χ4v) is 6.98. The minimum atomic E-state index is -0.558. The van der Waals surface area contributed by atoms with Crippen LogP contribution in [0.5, 0.6) is 0 Å². The first-order chi connectivity index (χ1) is 16.8. The van der Waals surface area contributed by atoms with E-state index in [1.165, 1.54) is 6.07 Å². The van der Waals surface area contributed by atoms with Gasteiger partial charge in [-0.05, 0) is 74.3 Å². The van der Waals surface area contributed by atoms with Gasteiger partial charge in [0.15, 0.2) is 5.78 Å². The molecule has 35 heavy (non-hydrogen) atoms. The van der Waals surface area contributed by atoms with Crippen molar-refractivity contribution in [3.05, 3.63) is 35.1 Å². The highest BCUT2D eigenvalue weighted by Crippen LogP contribution is 2.65. The molecule has 1 saturated heterocycles. The van der Waals surface area contributed by atoms with Crippen molar-refractivity contribution in [2.24, 2.45) is 23.2 Å². The van der Waals surface area contributed by atoms with E-state index in [9.17, 15) is 14.4 Å². The molecule has 1 atom stereocenters. The van der Waals surface area contributed by atoms with E-state index in [0.717, 1.165) is 57.3 Å². The minimum Gasteiger partial charge on any atom is -0.342 e. The van der Waals surface area contributed by atoms with Crippen molar-refractivity contribution < 1.29 is 18.8 Å². The molecule has 0 radical (unpaired) electrons. The molecule has 190 valence electrons. The lowest BCUT2D eigenvalue weighted by atomic mass is 9.44. The lowest BCUT2D eigenvalue weighted by Gasteiger charge is -2.61. The maximum Gasteiger partial charge on any atom is 0.254 e. The van der Waals surface area contributed by atoms with Crippen molar-refractivity contribution in [3.63, 3.8) is 0 Å². The first kappa shape index (κ1) is 24.5. The summed E-state index contributed by atoms with van der Waals surface area (Å²) in [7, 11) is 0. The Morgan fingerprint density at radius 2 is 1.66 bits per heavy atom. The minimum absolute atomic E-state index is 0.00809. The molecule has 5 nitrogen and oxygen atoms in total. The molecule has 4 saturated carbocycles. The summed E-state index contributed by atoms with van der Waals surface area (Å²) in [6, 6.07) is 4.48. The van der Waals surface area contributed by atoms with Gasteiger partial charge >= 0.3 is 0 Å². The lowest BCUT2D eigenvalue weighted by Crippen LogP contribution is -2.61. The fraction of sp³-hybridized carbons (Fsp3) is 0.690. The summed E-state index contributed by atoms with van der Waals surface area (Å²) < 4.78 is 15.6. The van der Waals surface area contributed by atoms with E-state index in [0.29, 0.717) is 37.4 Å². The van der Waals surface area contributed by atoms with E-state index in [-0.39, 0.29) is 34.5 Å². The van der Waals surface area contributed by atoms with Crippen LogP contribution in [0, 0.1) is 29.0 Å². The highest BCUT2D eigenvalue weighted by Gasteiger charge is 2.62. The van der Waals surface area contributed by atoms with Crippen molar-refractivity contribution in [1.82, 2.24) is 10.2 Å². The molecule has 6 heteroatoms. The molecular formula is C29H39FN2O3. The van der Waals surface area contributed by atoms with Gasteiger partial charge in [-0.3, -0.25) is 14.4 Å². The Bertz CT molecular complexity index is 975. The number of nitrogens with zero attached hydrogens (tertiary/aromatic N) is 1. The van der Waals surface area contributed by atoms with E-state index in [1.54, 1.807) is 12.1 Å². The standard InChI is InChI=1S/C29H39FN2O3/c1-18(2)26(33)25(21-7-4-3-5-8-21)31-27(34)23-10-6-9-22(24(23)30)20-11-13-32(14-12-20)28(35)29-15-19(16-29)17-29/h6,9-10,18-21,25H,3-5,7-8,11-17H2,1-2H3,(H,31,34)/t19?,25-,29?/m1/s1. The molecule has 5 aliphatic rings. The number of benzene rings is 1. The van der Waals surface area contributed by atoms with Gasteiger partial charge < -0.3 is 10.2 Å². The number of hydrogen-bond donors (Lipinski definition) is 1. The summed E-state index contributed by atoms with van der Waals surface area (Å²) in [5.74, 6) is 0.0598. The zero-order valence-corrected chi connectivity index (χ0v) is 21.2. The van der Waals surface area contributed by atoms with Gasteiger partial charge in [0.05, 0.1) is 17.0 Å². The smallest absolute Gasteiger partial charge is 0.254 e. The van der Waals surface area contributed by atoms with Gasteiger partial charge in [0.25, 0.3) is 5.91 Å². The van der Waals surface area contributed by atoms with E-state index in [4.69, 9.17) is 0 Å². The molecule has 1 aromatic carbocycles. The van der Waals surface area contributed by atoms with Crippen molar-refractivity contribution in [2.45, 2.75) is 90.0 Å². The second kappa shape index (κ2) is 9.67. The highest BCUT2D eigenvalue weighted by atomic mass is 19.1. The molecule has 2 bridgehead atoms. The molecule has 1 aromatic rings. The summed E-state index contributed by atoms with van der Waals surface area (Å²) in [5.41, 5.74) is 0.509. The van der Waals surface area contributed by atoms with Crippen LogP contribution in [-0.4, -0.2) is 41.6 Å². The first-order valence-corrected chi connectivity index (χ1v) is 13.7. The van der Waals surface area contributed by atoms with Crippen LogP contribution < -0.4 is 5.32 Å². The average Bonchev–Trinajstić information content (AvgIpc) is 2.80. The highest BCUT2D eigenvalue weighted by molar-refractivity contribution is 5.98. The predicted molar refractivity (Wildman–Crippen MR) is 132 cm³/mol. The van der Waals surface area contributed by atoms with Gasteiger partial charge in [-0.2, -0.15) is 0 Å². The number of amides is 2. The monoisotopic (exact) mass is 482 g/mol. The van der Waals surface area contributed by atoms with Gasteiger partial charge in [0, 0.05) is 19.0 Å². The maximum absolute atomic E-state index is 15.6. The number of carbonyl (C=O) groups excluding carboxylic acids is 3. The first-order valence-electron chi connectivity index (χ1n) is 13.7. The van der Waals surface area contributed by atoms with Crippen LogP contribution in [0.1, 0.15) is 99.9 Å². The fourth-order valence-electron chi connectivity index (χ4n) is 6.98. The van der Waals surface area contributed by atoms with Crippen LogP contribution in [0.15, 0.2) is 18.2 Å². The molecule has 1 heterocycles. The van der Waals surface area contributed by atoms with Crippen LogP contribution >= 0.6 is 0 Å². The normalized spacial score (nSPS) is 27.7. The number of hydrogen-bond acceptors (Lipinski definition) is 3. The lowest BCUT2D eigenvalue weighted by molar-refractivity contribution is -0.177. The molecule has 0 aromatic heterocycles. The Morgan fingerprint density at radius 3 is 2.23 bits per heavy atom. The number of Topliss-reactive ketones (excluding diaryl/α,β-unsaturated/α-hetero) is 1. The number of carbonyl (C=O) groups is 3. The Kier molecular flexibility index (Phi) is 6.75. The van der Waals surface area contributed by atoms with Gasteiger partial charge in [-0.25, -0.2) is 4.39 Å². The summed E-state index contributed by atoms with van der Waals surface area (Å²) in [5, 5.41) is 2.93. The SMILES string of the molecule is CC(C)C(=O)[C@H](NC(=O)c1cccc(C2CCN(C(=O)C34CC(C3)C4)CC2)c1F)C1CCCCC1. The van der Waals surface area contributed by atoms with E-state index in [2.05, 4.69) is 5.32 Å². The van der Waals surface area contributed by atoms with Gasteiger partial charge in [0.2, 0.25) is 5.91 Å². The van der Waals surface area contributed by atoms with Crippen LogP contribution in [0.3, 0.4) is 0 Å². The molecule has 1 aliphatic heterocycles. The third-order valence-electron chi connectivity index (χ3n) is 9.27. The largest absolute Gasteiger partial charge is 0.342 e.